The Bertz CT molecular complexity index is 463. The number of carbonyl (C=O) groups is 1. The minimum absolute atomic E-state index is 0.194. The number of benzene rings is 1. The minimum Gasteiger partial charge on any atom is -0.289 e. The number of hydrogen-bond acceptors (Lipinski definition) is 1. The first-order valence-corrected chi connectivity index (χ1v) is 6.84. The average molecular weight is 269 g/mol. The van der Waals surface area contributed by atoms with E-state index in [1.807, 2.05) is 18.2 Å². The van der Waals surface area contributed by atoms with Gasteiger partial charge in [-0.15, -0.1) is 23.2 Å². The predicted molar refractivity (Wildman–Crippen MR) is 72.7 cm³/mol. The van der Waals surface area contributed by atoms with E-state index in [0.717, 1.165) is 24.0 Å². The first-order chi connectivity index (χ1) is 8.29. The second kappa shape index (κ2) is 5.70. The molecule has 2 aliphatic rings. The number of allylic oxidation sites excluding steroid dienone is 2. The summed E-state index contributed by atoms with van der Waals surface area (Å²) in [6.45, 7) is 0. The van der Waals surface area contributed by atoms with Gasteiger partial charge in [0.25, 0.3) is 0 Å². The molecule has 0 fully saturated rings. The maximum Gasteiger partial charge on any atom is 0.189 e. The van der Waals surface area contributed by atoms with Crippen LogP contribution < -0.4 is 0 Å². The topological polar surface area (TPSA) is 17.1 Å². The Kier molecular flexibility index (Phi) is 4.25. The van der Waals surface area contributed by atoms with Gasteiger partial charge in [-0.05, 0) is 36.8 Å². The van der Waals surface area contributed by atoms with Crippen LogP contribution in [0.25, 0.3) is 5.57 Å². The second-order valence-electron chi connectivity index (χ2n) is 4.14. The van der Waals surface area contributed by atoms with E-state index in [-0.39, 0.29) is 11.1 Å². The summed E-state index contributed by atoms with van der Waals surface area (Å²) < 4.78 is 0. The molecule has 0 atom stereocenters. The SMILES string of the molecule is ClCCl.O=C1C2=C(CCCC2)c2ccccc21. The minimum atomic E-state index is 0.194. The average Bonchev–Trinajstić information content (AvgIpc) is 2.66. The van der Waals surface area contributed by atoms with Crippen molar-refractivity contribution in [3.63, 3.8) is 0 Å². The third-order valence-electron chi connectivity index (χ3n) is 3.24. The molecule has 1 aromatic carbocycles. The zero-order valence-corrected chi connectivity index (χ0v) is 11.0. The van der Waals surface area contributed by atoms with E-state index in [1.165, 1.54) is 24.0 Å². The van der Waals surface area contributed by atoms with Gasteiger partial charge in [0.1, 0.15) is 0 Å². The van der Waals surface area contributed by atoms with Gasteiger partial charge in [0.15, 0.2) is 5.78 Å². The van der Waals surface area contributed by atoms with E-state index in [2.05, 4.69) is 6.07 Å². The summed E-state index contributed by atoms with van der Waals surface area (Å²) in [6.07, 6.45) is 4.50. The third kappa shape index (κ3) is 2.41. The van der Waals surface area contributed by atoms with Crippen molar-refractivity contribution in [2.45, 2.75) is 25.7 Å². The maximum absolute atomic E-state index is 12.0. The Morgan fingerprint density at radius 1 is 0.941 bits per heavy atom. The van der Waals surface area contributed by atoms with E-state index < -0.39 is 0 Å². The van der Waals surface area contributed by atoms with Gasteiger partial charge in [-0.2, -0.15) is 0 Å². The number of ketones is 1. The van der Waals surface area contributed by atoms with E-state index in [0.29, 0.717) is 0 Å². The lowest BCUT2D eigenvalue weighted by Gasteiger charge is -2.12. The summed E-state index contributed by atoms with van der Waals surface area (Å²) in [6, 6.07) is 8.02. The molecular weight excluding hydrogens is 255 g/mol. The molecule has 3 heteroatoms. The molecule has 1 nitrogen and oxygen atoms in total. The zero-order chi connectivity index (χ0) is 12.3. The van der Waals surface area contributed by atoms with Crippen LogP contribution in [0.1, 0.15) is 41.6 Å². The number of hydrogen-bond donors (Lipinski definition) is 0. The summed E-state index contributed by atoms with van der Waals surface area (Å²) in [5, 5.41) is 0.194. The van der Waals surface area contributed by atoms with Gasteiger partial charge in [0.2, 0.25) is 0 Å². The van der Waals surface area contributed by atoms with Crippen molar-refractivity contribution in [3.05, 3.63) is 41.0 Å². The molecule has 0 aliphatic heterocycles. The van der Waals surface area contributed by atoms with E-state index in [1.54, 1.807) is 0 Å². The zero-order valence-electron chi connectivity index (χ0n) is 9.51. The van der Waals surface area contributed by atoms with Crippen LogP contribution in [0.5, 0.6) is 0 Å². The van der Waals surface area contributed by atoms with Gasteiger partial charge < -0.3 is 0 Å². The first kappa shape index (κ1) is 12.7. The fourth-order valence-corrected chi connectivity index (χ4v) is 2.56. The molecule has 0 spiro atoms. The molecule has 0 aromatic heterocycles. The number of Topliss-reactive ketones (excluding diaryl/α,β-unsaturated/α-hetero) is 1. The number of fused-ring (bicyclic) bond motifs is 2. The van der Waals surface area contributed by atoms with E-state index in [4.69, 9.17) is 23.2 Å². The molecule has 0 radical (unpaired) electrons. The van der Waals surface area contributed by atoms with Crippen LogP contribution in [0.3, 0.4) is 0 Å². The molecule has 3 rings (SSSR count). The van der Waals surface area contributed by atoms with Crippen LogP contribution >= 0.6 is 23.2 Å². The number of carbonyl (C=O) groups excluding carboxylic acids is 1. The van der Waals surface area contributed by atoms with Crippen molar-refractivity contribution >= 4 is 34.6 Å². The fourth-order valence-electron chi connectivity index (χ4n) is 2.56. The Morgan fingerprint density at radius 3 is 2.12 bits per heavy atom. The molecule has 0 N–H and O–H groups in total. The van der Waals surface area contributed by atoms with Crippen molar-refractivity contribution in [1.29, 1.82) is 0 Å². The van der Waals surface area contributed by atoms with Gasteiger partial charge in [-0.1, -0.05) is 24.3 Å². The molecule has 90 valence electrons. The van der Waals surface area contributed by atoms with Crippen molar-refractivity contribution < 1.29 is 4.79 Å². The lowest BCUT2D eigenvalue weighted by Crippen LogP contribution is -2.01. The summed E-state index contributed by atoms with van der Waals surface area (Å²) in [4.78, 5) is 12.0. The molecular formula is C14H14Cl2O. The highest BCUT2D eigenvalue weighted by Crippen LogP contribution is 2.40. The molecule has 0 unspecified atom stereocenters. The van der Waals surface area contributed by atoms with Crippen molar-refractivity contribution in [3.8, 4) is 0 Å². The van der Waals surface area contributed by atoms with Crippen molar-refractivity contribution in [2.24, 2.45) is 0 Å². The molecule has 17 heavy (non-hydrogen) atoms. The molecule has 0 saturated carbocycles. The van der Waals surface area contributed by atoms with Crippen LogP contribution in [0.4, 0.5) is 0 Å². The largest absolute Gasteiger partial charge is 0.289 e. The van der Waals surface area contributed by atoms with E-state index >= 15 is 0 Å². The second-order valence-corrected chi connectivity index (χ2v) is 4.95. The lowest BCUT2D eigenvalue weighted by molar-refractivity contribution is 0.103. The standard InChI is InChI=1S/C13H12O.CH2Cl2/c14-13-11-7-3-1-5-9(11)10-6-2-4-8-12(10)13;2-1-3/h1,3,5,7H,2,4,6,8H2;1H2. The van der Waals surface area contributed by atoms with Gasteiger partial charge in [0, 0.05) is 11.1 Å². The van der Waals surface area contributed by atoms with Crippen LogP contribution in [-0.4, -0.2) is 11.1 Å². The van der Waals surface area contributed by atoms with Gasteiger partial charge in [0.05, 0.1) is 5.34 Å². The number of halogens is 2. The molecule has 1 aromatic rings. The van der Waals surface area contributed by atoms with Gasteiger partial charge in [-0.25, -0.2) is 0 Å². The van der Waals surface area contributed by atoms with E-state index in [9.17, 15) is 4.79 Å². The molecule has 0 heterocycles. The van der Waals surface area contributed by atoms with Crippen LogP contribution in [0.2, 0.25) is 0 Å². The quantitative estimate of drug-likeness (QED) is 0.627. The highest BCUT2D eigenvalue weighted by atomic mass is 35.5. The molecule has 0 bridgehead atoms. The summed E-state index contributed by atoms with van der Waals surface area (Å²) >= 11 is 9.53. The normalized spacial score (nSPS) is 17.2. The summed E-state index contributed by atoms with van der Waals surface area (Å²) in [5.74, 6) is 0.287. The van der Waals surface area contributed by atoms with Crippen molar-refractivity contribution in [1.82, 2.24) is 0 Å². The van der Waals surface area contributed by atoms with Crippen LogP contribution in [-0.2, 0) is 0 Å². The molecule has 0 saturated heterocycles. The Balaban J connectivity index is 0.000000329. The molecule has 0 amide bonds. The number of rotatable bonds is 0. The Hall–Kier alpha value is -0.790. The van der Waals surface area contributed by atoms with Crippen LogP contribution in [0.15, 0.2) is 29.8 Å². The monoisotopic (exact) mass is 268 g/mol. The highest BCUT2D eigenvalue weighted by molar-refractivity contribution is 6.40. The smallest absolute Gasteiger partial charge is 0.189 e. The van der Waals surface area contributed by atoms with Crippen molar-refractivity contribution in [2.75, 3.05) is 5.34 Å². The first-order valence-electron chi connectivity index (χ1n) is 5.77. The van der Waals surface area contributed by atoms with Gasteiger partial charge >= 0.3 is 0 Å². The number of alkyl halides is 2. The summed E-state index contributed by atoms with van der Waals surface area (Å²) in [7, 11) is 0. The summed E-state index contributed by atoms with van der Waals surface area (Å²) in [5.41, 5.74) is 4.56. The van der Waals surface area contributed by atoms with Crippen LogP contribution in [0, 0.1) is 0 Å². The fraction of sp³-hybridized carbons (Fsp3) is 0.357. The van der Waals surface area contributed by atoms with Gasteiger partial charge in [-0.3, -0.25) is 4.79 Å². The maximum atomic E-state index is 12.0. The highest BCUT2D eigenvalue weighted by Gasteiger charge is 2.29. The third-order valence-corrected chi connectivity index (χ3v) is 3.24. The lowest BCUT2D eigenvalue weighted by atomic mass is 9.92. The predicted octanol–water partition coefficient (Wildman–Crippen LogP) is 4.63. The Morgan fingerprint density at radius 2 is 1.47 bits per heavy atom. The Labute approximate surface area is 111 Å². The molecule has 2 aliphatic carbocycles.